The summed E-state index contributed by atoms with van der Waals surface area (Å²) in [4.78, 5) is 72.3. The van der Waals surface area contributed by atoms with E-state index in [9.17, 15) is 52.3 Å². The quantitative estimate of drug-likeness (QED) is 0.0242. The fourth-order valence-electron chi connectivity index (χ4n) is 5.93. The molecule has 1 unspecified atom stereocenters. The lowest BCUT2D eigenvalue weighted by Crippen LogP contribution is -2.74. The second kappa shape index (κ2) is 15.9. The van der Waals surface area contributed by atoms with Crippen LogP contribution in [0.3, 0.4) is 0 Å². The third-order valence-corrected chi connectivity index (χ3v) is 11.2. The number of aromatic nitrogens is 2. The number of aliphatic carboxylic acids is 1. The Morgan fingerprint density at radius 2 is 1.93 bits per heavy atom. The Morgan fingerprint density at radius 3 is 2.57 bits per heavy atom. The number of halogens is 1. The lowest BCUT2D eigenvalue weighted by Gasteiger charge is -2.44. The number of amides is 4. The van der Waals surface area contributed by atoms with E-state index in [0.717, 1.165) is 31.3 Å². The maximum Gasteiger partial charge on any atom is 0.362 e. The summed E-state index contributed by atoms with van der Waals surface area (Å²) in [5.74, 6) is -6.66. The van der Waals surface area contributed by atoms with E-state index in [1.807, 2.05) is 7.05 Å². The number of nitrogens with one attached hydrogen (secondary N) is 3. The van der Waals surface area contributed by atoms with Crippen molar-refractivity contribution in [2.45, 2.75) is 43.9 Å². The van der Waals surface area contributed by atoms with E-state index in [1.165, 1.54) is 17.5 Å². The Bertz CT molecular complexity index is 2210. The molecule has 22 nitrogen and oxygen atoms in total. The van der Waals surface area contributed by atoms with Crippen molar-refractivity contribution >= 4 is 73.7 Å². The number of likely N-dealkylation sites (tertiary alicyclic amines) is 1. The van der Waals surface area contributed by atoms with E-state index in [0.29, 0.717) is 36.2 Å². The number of likely N-dealkylation sites (N-methyl/N-ethyl adjacent to an activating group) is 1. The van der Waals surface area contributed by atoms with Gasteiger partial charge in [-0.2, -0.15) is 8.42 Å². The van der Waals surface area contributed by atoms with E-state index >= 15 is 0 Å². The summed E-state index contributed by atoms with van der Waals surface area (Å²) in [5, 5.41) is 44.8. The van der Waals surface area contributed by atoms with Gasteiger partial charge in [0, 0.05) is 24.4 Å². The molecule has 0 aliphatic carbocycles. The SMILES string of the molecule is CC(C)(O/N=C(\C(=O)N[C@@H]1C(=O)N(S(=O)(=O)O)[C@@H]1CNC(=O)c1cc([C@@H]2CC[N+](C)(CCNC(=O)c3ccc(O)c(O)c3Cl)C2)no1)c1csc(N)n1)C(=O)O. The summed E-state index contributed by atoms with van der Waals surface area (Å²) >= 11 is 6.90. The predicted octanol–water partition coefficient (Wildman–Crippen LogP) is -0.346. The first-order chi connectivity index (χ1) is 26.1. The number of nitrogen functional groups attached to an aromatic ring is 1. The van der Waals surface area contributed by atoms with Crippen LogP contribution in [0.15, 0.2) is 33.3 Å². The molecule has 0 saturated carbocycles. The molecule has 2 saturated heterocycles. The predicted molar refractivity (Wildman–Crippen MR) is 194 cm³/mol. The molecular formula is C31H37ClN9O13S2+. The molecule has 4 amide bonds. The number of phenols is 2. The zero-order valence-corrected chi connectivity index (χ0v) is 32.1. The monoisotopic (exact) mass is 842 g/mol. The van der Waals surface area contributed by atoms with E-state index in [2.05, 4.69) is 31.2 Å². The minimum absolute atomic E-state index is 0.00214. The maximum absolute atomic E-state index is 13.3. The third kappa shape index (κ3) is 8.94. The number of carbonyl (C=O) groups is 5. The molecule has 0 radical (unpaired) electrons. The number of quaternary nitrogens is 1. The Labute approximate surface area is 326 Å². The molecule has 4 atom stereocenters. The largest absolute Gasteiger partial charge is 0.504 e. The number of anilines is 1. The molecule has 2 aliphatic rings. The molecular weight excluding hydrogens is 806 g/mol. The number of carboxylic acid groups (broad SMARTS) is 1. The average Bonchev–Trinajstić information content (AvgIpc) is 3.87. The fraction of sp³-hybridized carbons (Fsp3) is 0.419. The average molecular weight is 843 g/mol. The van der Waals surface area contributed by atoms with Crippen molar-refractivity contribution in [3.63, 3.8) is 0 Å². The molecule has 2 aromatic heterocycles. The summed E-state index contributed by atoms with van der Waals surface area (Å²) in [7, 11) is -3.18. The van der Waals surface area contributed by atoms with Crippen molar-refractivity contribution in [2.24, 2.45) is 5.16 Å². The Morgan fingerprint density at radius 1 is 1.21 bits per heavy atom. The van der Waals surface area contributed by atoms with Gasteiger partial charge in [0.15, 0.2) is 22.3 Å². The molecule has 2 fully saturated rings. The Kier molecular flexibility index (Phi) is 11.8. The lowest BCUT2D eigenvalue weighted by molar-refractivity contribution is -0.897. The second-order valence-electron chi connectivity index (χ2n) is 13.7. The first kappa shape index (κ1) is 41.6. The normalized spacial score (nSPS) is 21.3. The van der Waals surface area contributed by atoms with Gasteiger partial charge in [-0.05, 0) is 26.0 Å². The summed E-state index contributed by atoms with van der Waals surface area (Å²) in [6.07, 6.45) is 0.655. The molecule has 9 N–H and O–H groups in total. The van der Waals surface area contributed by atoms with Gasteiger partial charge in [-0.3, -0.25) is 23.7 Å². The van der Waals surface area contributed by atoms with Crippen molar-refractivity contribution in [3.8, 4) is 11.5 Å². The number of nitrogens with zero attached hydrogens (tertiary/aromatic N) is 5. The minimum Gasteiger partial charge on any atom is -0.504 e. The first-order valence-corrected chi connectivity index (χ1v) is 19.2. The van der Waals surface area contributed by atoms with Crippen LogP contribution in [0.2, 0.25) is 5.02 Å². The number of thiazole rings is 1. The molecule has 1 aromatic carbocycles. The molecule has 5 rings (SSSR count). The van der Waals surface area contributed by atoms with Crippen LogP contribution in [-0.4, -0.2) is 140 Å². The van der Waals surface area contributed by atoms with E-state index in [4.69, 9.17) is 26.7 Å². The highest BCUT2D eigenvalue weighted by molar-refractivity contribution is 7.84. The Hall–Kier alpha value is -5.56. The van der Waals surface area contributed by atoms with E-state index in [-0.39, 0.29) is 43.9 Å². The van der Waals surface area contributed by atoms with Crippen molar-refractivity contribution in [1.82, 2.24) is 30.4 Å². The van der Waals surface area contributed by atoms with Crippen molar-refractivity contribution < 1.29 is 66.1 Å². The molecule has 3 aromatic rings. The summed E-state index contributed by atoms with van der Waals surface area (Å²) in [6.45, 7) is 3.72. The van der Waals surface area contributed by atoms with Gasteiger partial charge in [-0.15, -0.1) is 11.3 Å². The zero-order chi connectivity index (χ0) is 41.3. The molecule has 302 valence electrons. The topological polar surface area (TPSA) is 326 Å². The van der Waals surface area contributed by atoms with Crippen LogP contribution in [0.1, 0.15) is 58.5 Å². The van der Waals surface area contributed by atoms with Crippen molar-refractivity contribution in [1.29, 1.82) is 0 Å². The number of benzene rings is 1. The second-order valence-corrected chi connectivity index (χ2v) is 16.2. The van der Waals surface area contributed by atoms with Crippen LogP contribution >= 0.6 is 22.9 Å². The fourth-order valence-corrected chi connectivity index (χ4v) is 7.61. The van der Waals surface area contributed by atoms with Gasteiger partial charge in [0.05, 0.1) is 61.5 Å². The number of aromatic hydroxyl groups is 2. The van der Waals surface area contributed by atoms with E-state index in [1.54, 1.807) is 0 Å². The van der Waals surface area contributed by atoms with Crippen LogP contribution < -0.4 is 21.7 Å². The number of nitrogens with two attached hydrogens (primary N) is 1. The highest BCUT2D eigenvalue weighted by atomic mass is 35.5. The standard InChI is InChI=1S/C31H36ClN9O13S2/c1-31(2,29(48)49)54-39-22(17-13-55-30(33)36-17)27(46)37-23-18(40(28(23)47)56(50,51)52)11-35-26(45)20-10-16(38-53-20)14-6-8-41(3,12-14)9-7-34-25(44)15-4-5-19(42)24(43)21(15)32/h4-5,10,13-14,18,23H,6-9,11-12H2,1-3H3,(H8-,33,34,35,36,37,38,39,42,43,44,45,46,48,49,50,51,52)/p+1/t14-,18-,23+,41?/m1/s1. The van der Waals surface area contributed by atoms with Gasteiger partial charge in [0.25, 0.3) is 23.6 Å². The Balaban J connectivity index is 1.20. The van der Waals surface area contributed by atoms with Crippen molar-refractivity contribution in [2.75, 3.05) is 45.5 Å². The number of phenolic OH excluding ortho intramolecular Hbond substituents is 2. The maximum atomic E-state index is 13.3. The highest BCUT2D eigenvalue weighted by Gasteiger charge is 2.54. The van der Waals surface area contributed by atoms with Crippen LogP contribution in [0, 0.1) is 0 Å². The van der Waals surface area contributed by atoms with Gasteiger partial charge in [0.2, 0.25) is 11.4 Å². The minimum atomic E-state index is -5.15. The highest BCUT2D eigenvalue weighted by Crippen LogP contribution is 2.35. The molecule has 0 bridgehead atoms. The molecule has 4 heterocycles. The van der Waals surface area contributed by atoms with Crippen molar-refractivity contribution in [3.05, 3.63) is 51.3 Å². The number of hydrogen-bond donors (Lipinski definition) is 8. The van der Waals surface area contributed by atoms with Gasteiger partial charge in [0.1, 0.15) is 11.7 Å². The lowest BCUT2D eigenvalue weighted by atomic mass is 9.98. The number of carboxylic acids is 1. The first-order valence-electron chi connectivity index (χ1n) is 16.5. The number of rotatable bonds is 15. The van der Waals surface area contributed by atoms with Crippen LogP contribution in [0.5, 0.6) is 11.5 Å². The van der Waals surface area contributed by atoms with Crippen LogP contribution in [-0.2, 0) is 29.5 Å². The third-order valence-electron chi connectivity index (χ3n) is 9.16. The van der Waals surface area contributed by atoms with Gasteiger partial charge in [-0.25, -0.2) is 14.1 Å². The number of oxime groups is 1. The van der Waals surface area contributed by atoms with Gasteiger partial charge >= 0.3 is 16.3 Å². The summed E-state index contributed by atoms with van der Waals surface area (Å²) in [6, 6.07) is 0.685. The number of hydrogen-bond acceptors (Lipinski definition) is 16. The van der Waals surface area contributed by atoms with Crippen LogP contribution in [0.4, 0.5) is 5.13 Å². The molecule has 25 heteroatoms. The van der Waals surface area contributed by atoms with Gasteiger partial charge < -0.3 is 50.8 Å². The smallest absolute Gasteiger partial charge is 0.362 e. The van der Waals surface area contributed by atoms with Gasteiger partial charge in [-0.1, -0.05) is 21.9 Å². The summed E-state index contributed by atoms with van der Waals surface area (Å²) < 4.78 is 39.7. The number of carbonyl (C=O) groups excluding carboxylic acids is 4. The molecule has 56 heavy (non-hydrogen) atoms. The van der Waals surface area contributed by atoms with Crippen LogP contribution in [0.25, 0.3) is 0 Å². The summed E-state index contributed by atoms with van der Waals surface area (Å²) in [5.41, 5.74) is 3.46. The molecule has 2 aliphatic heterocycles. The molecule has 0 spiro atoms. The number of β-lactam (4-membered cyclic amide) rings is 1. The van der Waals surface area contributed by atoms with E-state index < -0.39 is 81.3 Å². The zero-order valence-electron chi connectivity index (χ0n) is 29.8.